The topological polar surface area (TPSA) is 43.4 Å². The molecule has 1 N–H and O–H groups in total. The van der Waals surface area contributed by atoms with E-state index in [0.29, 0.717) is 11.6 Å². The minimum Gasteiger partial charge on any atom is -0.489 e. The first kappa shape index (κ1) is 15.0. The molecule has 2 rings (SSSR count). The smallest absolute Gasteiger partial charge is 0.489 e. The molecule has 0 amide bonds. The van der Waals surface area contributed by atoms with Gasteiger partial charge in [0.05, 0.1) is 0 Å². The van der Waals surface area contributed by atoms with Gasteiger partial charge in [0.25, 0.3) is 0 Å². The number of ether oxygens (including phenoxy) is 2. The van der Waals surface area contributed by atoms with Crippen LogP contribution < -0.4 is 14.8 Å². The molecule has 2 aromatic rings. The van der Waals surface area contributed by atoms with E-state index >= 15 is 0 Å². The highest BCUT2D eigenvalue weighted by Crippen LogP contribution is 2.25. The molecule has 21 heavy (non-hydrogen) atoms. The van der Waals surface area contributed by atoms with E-state index in [9.17, 15) is 13.2 Å². The zero-order valence-corrected chi connectivity index (χ0v) is 11.1. The number of nitrogens with zero attached hydrogens (tertiary/aromatic N) is 1. The van der Waals surface area contributed by atoms with Crippen LogP contribution in [0.2, 0.25) is 0 Å². The van der Waals surface area contributed by atoms with Crippen LogP contribution in [-0.2, 0) is 6.61 Å². The molecule has 0 saturated heterocycles. The zero-order valence-electron chi connectivity index (χ0n) is 11.1. The molecule has 0 bridgehead atoms. The van der Waals surface area contributed by atoms with Crippen molar-refractivity contribution in [1.29, 1.82) is 0 Å². The van der Waals surface area contributed by atoms with Crippen molar-refractivity contribution in [3.05, 3.63) is 48.2 Å². The monoisotopic (exact) mass is 298 g/mol. The van der Waals surface area contributed by atoms with Crippen molar-refractivity contribution in [2.75, 3.05) is 12.4 Å². The van der Waals surface area contributed by atoms with Crippen LogP contribution >= 0.6 is 0 Å². The Morgan fingerprint density at radius 2 is 1.76 bits per heavy atom. The van der Waals surface area contributed by atoms with Crippen molar-refractivity contribution in [3.63, 3.8) is 0 Å². The Morgan fingerprint density at radius 1 is 1.10 bits per heavy atom. The highest BCUT2D eigenvalue weighted by Gasteiger charge is 2.30. The average molecular weight is 298 g/mol. The summed E-state index contributed by atoms with van der Waals surface area (Å²) in [5, 5.41) is 2.93. The Morgan fingerprint density at radius 3 is 2.38 bits per heavy atom. The lowest BCUT2D eigenvalue weighted by Crippen LogP contribution is -2.16. The van der Waals surface area contributed by atoms with Crippen molar-refractivity contribution in [3.8, 4) is 11.5 Å². The number of nitrogens with one attached hydrogen (secondary N) is 1. The molecule has 1 aromatic heterocycles. The Kier molecular flexibility index (Phi) is 4.52. The van der Waals surface area contributed by atoms with E-state index in [1.807, 2.05) is 6.07 Å². The lowest BCUT2D eigenvalue weighted by atomic mass is 10.2. The third kappa shape index (κ3) is 4.55. The minimum absolute atomic E-state index is 0.253. The molecular weight excluding hydrogens is 285 g/mol. The normalized spacial score (nSPS) is 11.0. The highest BCUT2D eigenvalue weighted by molar-refractivity contribution is 5.43. The summed E-state index contributed by atoms with van der Waals surface area (Å²) in [6.45, 7) is 0.253. The van der Waals surface area contributed by atoms with Crippen LogP contribution in [0.5, 0.6) is 11.5 Å². The van der Waals surface area contributed by atoms with Crippen molar-refractivity contribution >= 4 is 5.82 Å². The first-order valence-electron chi connectivity index (χ1n) is 6.08. The third-order valence-electron chi connectivity index (χ3n) is 2.58. The van der Waals surface area contributed by atoms with E-state index < -0.39 is 6.36 Å². The molecule has 0 unspecified atom stereocenters. The van der Waals surface area contributed by atoms with E-state index in [-0.39, 0.29) is 12.4 Å². The van der Waals surface area contributed by atoms with Gasteiger partial charge in [-0.2, -0.15) is 0 Å². The Bertz CT molecular complexity index is 586. The van der Waals surface area contributed by atoms with Crippen LogP contribution in [0.4, 0.5) is 19.0 Å². The molecule has 4 nitrogen and oxygen atoms in total. The second kappa shape index (κ2) is 6.34. The fourth-order valence-electron chi connectivity index (χ4n) is 1.68. The summed E-state index contributed by atoms with van der Waals surface area (Å²) in [4.78, 5) is 4.13. The summed E-state index contributed by atoms with van der Waals surface area (Å²) in [6.07, 6.45) is -3.04. The van der Waals surface area contributed by atoms with Gasteiger partial charge in [0.2, 0.25) is 0 Å². The molecule has 112 valence electrons. The Hall–Kier alpha value is -2.44. The minimum atomic E-state index is -4.69. The van der Waals surface area contributed by atoms with Gasteiger partial charge < -0.3 is 14.8 Å². The molecule has 0 aliphatic rings. The lowest BCUT2D eigenvalue weighted by Gasteiger charge is -2.11. The summed E-state index contributed by atoms with van der Waals surface area (Å²) in [6, 6.07) is 8.85. The SMILES string of the molecule is CNc1ncccc1COc1ccc(OC(F)(F)F)cc1. The van der Waals surface area contributed by atoms with E-state index in [1.54, 1.807) is 19.3 Å². The molecule has 0 aliphatic carbocycles. The van der Waals surface area contributed by atoms with Crippen LogP contribution in [0.15, 0.2) is 42.6 Å². The van der Waals surface area contributed by atoms with Gasteiger partial charge in [-0.25, -0.2) is 4.98 Å². The number of aromatic nitrogens is 1. The Labute approximate surface area is 119 Å². The molecule has 1 heterocycles. The molecule has 0 atom stereocenters. The number of hydrogen-bond acceptors (Lipinski definition) is 4. The number of hydrogen-bond donors (Lipinski definition) is 1. The summed E-state index contributed by atoms with van der Waals surface area (Å²) >= 11 is 0. The lowest BCUT2D eigenvalue weighted by molar-refractivity contribution is -0.274. The summed E-state index contributed by atoms with van der Waals surface area (Å²) in [5.41, 5.74) is 0.843. The zero-order chi connectivity index (χ0) is 15.3. The quantitative estimate of drug-likeness (QED) is 0.916. The first-order chi connectivity index (χ1) is 9.98. The van der Waals surface area contributed by atoms with Gasteiger partial charge in [0.15, 0.2) is 0 Å². The average Bonchev–Trinajstić information content (AvgIpc) is 2.45. The van der Waals surface area contributed by atoms with Gasteiger partial charge in [0.1, 0.15) is 23.9 Å². The fraction of sp³-hybridized carbons (Fsp3) is 0.214. The number of halogens is 3. The van der Waals surface area contributed by atoms with E-state index in [4.69, 9.17) is 4.74 Å². The second-order valence-electron chi connectivity index (χ2n) is 4.07. The Balaban J connectivity index is 1.98. The molecule has 0 fully saturated rings. The number of rotatable bonds is 5. The van der Waals surface area contributed by atoms with E-state index in [0.717, 1.165) is 5.56 Å². The second-order valence-corrected chi connectivity index (χ2v) is 4.07. The van der Waals surface area contributed by atoms with E-state index in [1.165, 1.54) is 24.3 Å². The maximum atomic E-state index is 12.0. The maximum absolute atomic E-state index is 12.0. The van der Waals surface area contributed by atoms with Crippen LogP contribution in [0.1, 0.15) is 5.56 Å². The highest BCUT2D eigenvalue weighted by atomic mass is 19.4. The standard InChI is InChI=1S/C14H13F3N2O2/c1-18-13-10(3-2-8-19-13)9-20-11-4-6-12(7-5-11)21-14(15,16)17/h2-8H,9H2,1H3,(H,18,19). The number of alkyl halides is 3. The predicted octanol–water partition coefficient (Wildman–Crippen LogP) is 3.60. The summed E-state index contributed by atoms with van der Waals surface area (Å²) in [7, 11) is 1.75. The fourth-order valence-corrected chi connectivity index (χ4v) is 1.68. The van der Waals surface area contributed by atoms with Crippen molar-refractivity contribution < 1.29 is 22.6 Å². The largest absolute Gasteiger partial charge is 0.573 e. The van der Waals surface area contributed by atoms with Crippen LogP contribution in [-0.4, -0.2) is 18.4 Å². The maximum Gasteiger partial charge on any atom is 0.573 e. The van der Waals surface area contributed by atoms with Gasteiger partial charge >= 0.3 is 6.36 Å². The molecule has 0 aliphatic heterocycles. The molecule has 1 aromatic carbocycles. The molecule has 0 spiro atoms. The van der Waals surface area contributed by atoms with Crippen molar-refractivity contribution in [1.82, 2.24) is 4.98 Å². The van der Waals surface area contributed by atoms with Gasteiger partial charge in [-0.1, -0.05) is 6.07 Å². The number of anilines is 1. The van der Waals surface area contributed by atoms with Crippen molar-refractivity contribution in [2.45, 2.75) is 13.0 Å². The first-order valence-corrected chi connectivity index (χ1v) is 6.08. The van der Waals surface area contributed by atoms with Crippen molar-refractivity contribution in [2.24, 2.45) is 0 Å². The number of benzene rings is 1. The van der Waals surface area contributed by atoms with Gasteiger partial charge in [-0.15, -0.1) is 13.2 Å². The third-order valence-corrected chi connectivity index (χ3v) is 2.58. The van der Waals surface area contributed by atoms with Gasteiger partial charge in [0, 0.05) is 18.8 Å². The molecule has 7 heteroatoms. The summed E-state index contributed by atoms with van der Waals surface area (Å²) < 4.78 is 45.4. The van der Waals surface area contributed by atoms with Crippen LogP contribution in [0, 0.1) is 0 Å². The number of pyridine rings is 1. The molecule has 0 radical (unpaired) electrons. The predicted molar refractivity (Wildman–Crippen MR) is 71.2 cm³/mol. The summed E-state index contributed by atoms with van der Waals surface area (Å²) in [5.74, 6) is 0.845. The molecular formula is C14H13F3N2O2. The molecule has 0 saturated carbocycles. The van der Waals surface area contributed by atoms with Crippen LogP contribution in [0.3, 0.4) is 0 Å². The van der Waals surface area contributed by atoms with Gasteiger partial charge in [-0.05, 0) is 30.3 Å². The van der Waals surface area contributed by atoms with E-state index in [2.05, 4.69) is 15.0 Å². The van der Waals surface area contributed by atoms with Gasteiger partial charge in [-0.3, -0.25) is 0 Å². The van der Waals surface area contributed by atoms with Crippen LogP contribution in [0.25, 0.3) is 0 Å².